The van der Waals surface area contributed by atoms with E-state index < -0.39 is 15.8 Å². The molecular weight excluding hydrogens is 349 g/mol. The van der Waals surface area contributed by atoms with Gasteiger partial charge in [-0.2, -0.15) is 0 Å². The summed E-state index contributed by atoms with van der Waals surface area (Å²) in [5.41, 5.74) is 0. The van der Waals surface area contributed by atoms with Crippen molar-refractivity contribution in [1.82, 2.24) is 4.72 Å². The first-order chi connectivity index (χ1) is 9.27. The summed E-state index contributed by atoms with van der Waals surface area (Å²) in [6.07, 6.45) is 0. The van der Waals surface area contributed by atoms with Crippen LogP contribution in [-0.2, 0) is 14.8 Å². The average Bonchev–Trinajstić information content (AvgIpc) is 2.37. The summed E-state index contributed by atoms with van der Waals surface area (Å²) in [5.74, 6) is -0.546. The van der Waals surface area contributed by atoms with Gasteiger partial charge in [0.2, 0.25) is 10.0 Å². The number of ether oxygens (including phenoxy) is 1. The summed E-state index contributed by atoms with van der Waals surface area (Å²) in [7, 11) is -3.77. The van der Waals surface area contributed by atoms with Gasteiger partial charge in [0.15, 0.2) is 0 Å². The molecule has 0 spiro atoms. The zero-order valence-electron chi connectivity index (χ0n) is 11.7. The van der Waals surface area contributed by atoms with Crippen molar-refractivity contribution in [3.8, 4) is 0 Å². The Bertz CT molecular complexity index is 549. The highest BCUT2D eigenvalue weighted by molar-refractivity contribution is 9.10. The fourth-order valence-corrected chi connectivity index (χ4v) is 3.15. The smallest absolute Gasteiger partial charge is 0.241 e. The topological polar surface area (TPSA) is 55.4 Å². The monoisotopic (exact) mass is 367 g/mol. The van der Waals surface area contributed by atoms with E-state index in [2.05, 4.69) is 20.7 Å². The SMILES string of the molecule is CCOCC(NS(=O)(=O)c1ccc(Br)c(F)c1)C(C)C. The lowest BCUT2D eigenvalue weighted by molar-refractivity contribution is 0.116. The molecular formula is C13H19BrFNO3S. The Labute approximate surface area is 127 Å². The van der Waals surface area contributed by atoms with E-state index in [-0.39, 0.29) is 27.9 Å². The Balaban J connectivity index is 2.94. The van der Waals surface area contributed by atoms with Gasteiger partial charge in [-0.25, -0.2) is 17.5 Å². The molecule has 0 heterocycles. The van der Waals surface area contributed by atoms with Crippen molar-refractivity contribution >= 4 is 26.0 Å². The van der Waals surface area contributed by atoms with Crippen molar-refractivity contribution in [1.29, 1.82) is 0 Å². The molecule has 0 aromatic heterocycles. The molecule has 0 aliphatic rings. The lowest BCUT2D eigenvalue weighted by Crippen LogP contribution is -2.41. The summed E-state index contributed by atoms with van der Waals surface area (Å²) in [6, 6.07) is 3.36. The predicted molar refractivity (Wildman–Crippen MR) is 79.5 cm³/mol. The molecule has 114 valence electrons. The van der Waals surface area contributed by atoms with E-state index in [1.807, 2.05) is 20.8 Å². The van der Waals surface area contributed by atoms with Gasteiger partial charge in [0.1, 0.15) is 5.82 Å². The van der Waals surface area contributed by atoms with Crippen LogP contribution in [0.5, 0.6) is 0 Å². The number of hydrogen-bond donors (Lipinski definition) is 1. The zero-order valence-corrected chi connectivity index (χ0v) is 14.1. The lowest BCUT2D eigenvalue weighted by atomic mass is 10.1. The molecule has 4 nitrogen and oxygen atoms in total. The Kier molecular flexibility index (Phi) is 6.57. The van der Waals surface area contributed by atoms with Crippen LogP contribution in [0.25, 0.3) is 0 Å². The molecule has 7 heteroatoms. The highest BCUT2D eigenvalue weighted by Gasteiger charge is 2.23. The molecule has 0 aliphatic carbocycles. The van der Waals surface area contributed by atoms with Crippen LogP contribution in [0.15, 0.2) is 27.6 Å². The molecule has 0 aliphatic heterocycles. The Morgan fingerprint density at radius 3 is 2.55 bits per heavy atom. The Morgan fingerprint density at radius 2 is 2.05 bits per heavy atom. The van der Waals surface area contributed by atoms with Gasteiger partial charge in [-0.3, -0.25) is 0 Å². The summed E-state index contributed by atoms with van der Waals surface area (Å²) in [5, 5.41) is 0. The maximum atomic E-state index is 13.4. The van der Waals surface area contributed by atoms with Gasteiger partial charge < -0.3 is 4.74 Å². The van der Waals surface area contributed by atoms with Gasteiger partial charge in [-0.15, -0.1) is 0 Å². The summed E-state index contributed by atoms with van der Waals surface area (Å²) < 4.78 is 46.0. The van der Waals surface area contributed by atoms with Crippen molar-refractivity contribution in [3.05, 3.63) is 28.5 Å². The first kappa shape index (κ1) is 17.6. The lowest BCUT2D eigenvalue weighted by Gasteiger charge is -2.22. The number of benzene rings is 1. The Morgan fingerprint density at radius 1 is 1.40 bits per heavy atom. The van der Waals surface area contributed by atoms with Gasteiger partial charge in [0, 0.05) is 12.6 Å². The standard InChI is InChI=1S/C13H19BrFNO3S/c1-4-19-8-13(9(2)3)16-20(17,18)10-5-6-11(14)12(15)7-10/h5-7,9,13,16H,4,8H2,1-3H3. The van der Waals surface area contributed by atoms with Crippen LogP contribution in [0.3, 0.4) is 0 Å². The molecule has 0 radical (unpaired) electrons. The van der Waals surface area contributed by atoms with Crippen LogP contribution in [0, 0.1) is 11.7 Å². The summed E-state index contributed by atoms with van der Waals surface area (Å²) >= 11 is 2.99. The molecule has 1 aromatic rings. The average molecular weight is 368 g/mol. The molecule has 1 rings (SSSR count). The van der Waals surface area contributed by atoms with E-state index in [1.54, 1.807) is 0 Å². The van der Waals surface area contributed by atoms with Crippen molar-refractivity contribution in [2.24, 2.45) is 5.92 Å². The van der Waals surface area contributed by atoms with E-state index in [4.69, 9.17) is 4.74 Å². The van der Waals surface area contributed by atoms with E-state index in [9.17, 15) is 12.8 Å². The van der Waals surface area contributed by atoms with Crippen molar-refractivity contribution in [3.63, 3.8) is 0 Å². The molecule has 0 saturated carbocycles. The third kappa shape index (κ3) is 4.80. The third-order valence-electron chi connectivity index (χ3n) is 2.81. The Hall–Kier alpha value is -0.500. The minimum Gasteiger partial charge on any atom is -0.380 e. The molecule has 0 saturated heterocycles. The van der Waals surface area contributed by atoms with Crippen LogP contribution in [-0.4, -0.2) is 27.7 Å². The normalized spacial score (nSPS) is 13.7. The van der Waals surface area contributed by atoms with Gasteiger partial charge in [0.05, 0.1) is 16.0 Å². The first-order valence-corrected chi connectivity index (χ1v) is 8.60. The quantitative estimate of drug-likeness (QED) is 0.805. The van der Waals surface area contributed by atoms with Gasteiger partial charge in [0.25, 0.3) is 0 Å². The van der Waals surface area contributed by atoms with Crippen molar-refractivity contribution in [2.45, 2.75) is 31.7 Å². The van der Waals surface area contributed by atoms with Crippen LogP contribution >= 0.6 is 15.9 Å². The molecule has 1 N–H and O–H groups in total. The third-order valence-corrected chi connectivity index (χ3v) is 4.94. The van der Waals surface area contributed by atoms with Gasteiger partial charge in [-0.1, -0.05) is 13.8 Å². The molecule has 1 unspecified atom stereocenters. The number of sulfonamides is 1. The van der Waals surface area contributed by atoms with E-state index >= 15 is 0 Å². The van der Waals surface area contributed by atoms with Crippen LogP contribution in [0.4, 0.5) is 4.39 Å². The van der Waals surface area contributed by atoms with Crippen LogP contribution < -0.4 is 4.72 Å². The van der Waals surface area contributed by atoms with E-state index in [0.29, 0.717) is 6.61 Å². The summed E-state index contributed by atoms with van der Waals surface area (Å²) in [6.45, 7) is 6.43. The van der Waals surface area contributed by atoms with Crippen LogP contribution in [0.1, 0.15) is 20.8 Å². The minimum absolute atomic E-state index is 0.0663. The summed E-state index contributed by atoms with van der Waals surface area (Å²) in [4.78, 5) is -0.0969. The van der Waals surface area contributed by atoms with Gasteiger partial charge in [-0.05, 0) is 47.0 Å². The molecule has 20 heavy (non-hydrogen) atoms. The number of hydrogen-bond acceptors (Lipinski definition) is 3. The van der Waals surface area contributed by atoms with Crippen molar-refractivity contribution < 1.29 is 17.5 Å². The zero-order chi connectivity index (χ0) is 15.3. The largest absolute Gasteiger partial charge is 0.380 e. The van der Waals surface area contributed by atoms with E-state index in [1.165, 1.54) is 12.1 Å². The molecule has 0 fully saturated rings. The fraction of sp³-hybridized carbons (Fsp3) is 0.538. The molecule has 0 bridgehead atoms. The second-order valence-electron chi connectivity index (χ2n) is 4.71. The molecule has 1 aromatic carbocycles. The number of rotatable bonds is 7. The molecule has 1 atom stereocenters. The second kappa shape index (κ2) is 7.49. The van der Waals surface area contributed by atoms with Gasteiger partial charge >= 0.3 is 0 Å². The van der Waals surface area contributed by atoms with E-state index in [0.717, 1.165) is 6.07 Å². The minimum atomic E-state index is -3.77. The maximum absolute atomic E-state index is 13.4. The highest BCUT2D eigenvalue weighted by Crippen LogP contribution is 2.20. The number of nitrogens with one attached hydrogen (secondary N) is 1. The van der Waals surface area contributed by atoms with Crippen molar-refractivity contribution in [2.75, 3.05) is 13.2 Å². The highest BCUT2D eigenvalue weighted by atomic mass is 79.9. The fourth-order valence-electron chi connectivity index (χ4n) is 1.52. The number of halogens is 2. The first-order valence-electron chi connectivity index (χ1n) is 6.33. The van der Waals surface area contributed by atoms with Crippen LogP contribution in [0.2, 0.25) is 0 Å². The molecule has 0 amide bonds. The second-order valence-corrected chi connectivity index (χ2v) is 7.28. The maximum Gasteiger partial charge on any atom is 0.241 e. The predicted octanol–water partition coefficient (Wildman–Crippen LogP) is 2.93.